The molecule has 0 saturated heterocycles. The third kappa shape index (κ3) is 2.88. The zero-order chi connectivity index (χ0) is 14.0. The summed E-state index contributed by atoms with van der Waals surface area (Å²) in [6, 6.07) is 7.59. The lowest BCUT2D eigenvalue weighted by molar-refractivity contribution is 0.0942. The Balaban J connectivity index is 2.42. The maximum Gasteiger partial charge on any atom is 0.278 e. The number of carbonyl (C=O) groups is 1. The molecule has 0 aliphatic rings. The molecule has 100 valence electrons. The molecule has 4 heteroatoms. The van der Waals surface area contributed by atoms with Crippen LogP contribution in [0.15, 0.2) is 24.3 Å². The van der Waals surface area contributed by atoms with Crippen LogP contribution in [0, 0.1) is 17.4 Å². The van der Waals surface area contributed by atoms with Crippen LogP contribution >= 0.6 is 22.6 Å². The summed E-state index contributed by atoms with van der Waals surface area (Å²) in [5.41, 5.74) is 3.79. The lowest BCUT2D eigenvalue weighted by atomic mass is 10.1. The normalized spacial score (nSPS) is 10.7. The first-order chi connectivity index (χ1) is 9.04. The van der Waals surface area contributed by atoms with Crippen LogP contribution in [-0.4, -0.2) is 15.7 Å². The molecule has 0 atom stereocenters. The number of halogens is 1. The van der Waals surface area contributed by atoms with Crippen LogP contribution in [0.4, 0.5) is 0 Å². The molecule has 0 spiro atoms. The van der Waals surface area contributed by atoms with Gasteiger partial charge in [-0.15, -0.1) is 0 Å². The lowest BCUT2D eigenvalue weighted by Gasteiger charge is -2.04. The summed E-state index contributed by atoms with van der Waals surface area (Å²) in [6.07, 6.45) is 2.03. The highest BCUT2D eigenvalue weighted by atomic mass is 127. The predicted molar refractivity (Wildman–Crippen MR) is 84.6 cm³/mol. The number of carbonyl (C=O) groups excluding carboxylic acids is 1. The molecule has 0 radical (unpaired) electrons. The van der Waals surface area contributed by atoms with E-state index in [1.54, 1.807) is 0 Å². The highest BCUT2D eigenvalue weighted by molar-refractivity contribution is 14.1. The Morgan fingerprint density at radius 1 is 1.37 bits per heavy atom. The van der Waals surface area contributed by atoms with Crippen molar-refractivity contribution in [1.82, 2.24) is 9.78 Å². The fourth-order valence-corrected chi connectivity index (χ4v) is 2.77. The number of rotatable bonds is 3. The Morgan fingerprint density at radius 3 is 2.74 bits per heavy atom. The van der Waals surface area contributed by atoms with Crippen molar-refractivity contribution in [3.05, 3.63) is 50.4 Å². The summed E-state index contributed by atoms with van der Waals surface area (Å²) in [6.45, 7) is 6.07. The first kappa shape index (κ1) is 14.2. The molecule has 0 saturated carbocycles. The minimum atomic E-state index is -0.0542. The van der Waals surface area contributed by atoms with Gasteiger partial charge in [-0.1, -0.05) is 19.4 Å². The Kier molecular flexibility index (Phi) is 4.39. The number of hydrogen-bond donors (Lipinski definition) is 0. The molecule has 1 heterocycles. The van der Waals surface area contributed by atoms with Gasteiger partial charge in [-0.05, 0) is 66.6 Å². The summed E-state index contributed by atoms with van der Waals surface area (Å²) < 4.78 is 2.59. The summed E-state index contributed by atoms with van der Waals surface area (Å²) in [7, 11) is 0. The van der Waals surface area contributed by atoms with Crippen molar-refractivity contribution < 1.29 is 4.79 Å². The maximum atomic E-state index is 12.5. The number of nitrogens with zero attached hydrogens (tertiary/aromatic N) is 2. The van der Waals surface area contributed by atoms with Crippen molar-refractivity contribution >= 4 is 28.5 Å². The highest BCUT2D eigenvalue weighted by Crippen LogP contribution is 2.17. The van der Waals surface area contributed by atoms with Crippen LogP contribution in [0.1, 0.15) is 40.7 Å². The van der Waals surface area contributed by atoms with Crippen LogP contribution in [0.2, 0.25) is 0 Å². The molecule has 0 aliphatic heterocycles. The number of hydrogen-bond acceptors (Lipinski definition) is 2. The van der Waals surface area contributed by atoms with Gasteiger partial charge in [0.1, 0.15) is 0 Å². The van der Waals surface area contributed by atoms with E-state index in [9.17, 15) is 4.79 Å². The van der Waals surface area contributed by atoms with Crippen molar-refractivity contribution in [2.45, 2.75) is 33.6 Å². The predicted octanol–water partition coefficient (Wildman–Crippen LogP) is 3.75. The second-order valence-electron chi connectivity index (χ2n) is 4.63. The van der Waals surface area contributed by atoms with Crippen molar-refractivity contribution in [1.29, 1.82) is 0 Å². The second kappa shape index (κ2) is 5.86. The molecule has 0 unspecified atom stereocenters. The standard InChI is InChI=1S/C15H17IN2O/c1-4-6-14-10(2)17-18(11(14)3)15(19)12-7-5-8-13(16)9-12/h5,7-9H,4,6H2,1-3H3. The summed E-state index contributed by atoms with van der Waals surface area (Å²) >= 11 is 2.21. The summed E-state index contributed by atoms with van der Waals surface area (Å²) in [5.74, 6) is -0.0542. The van der Waals surface area contributed by atoms with Crippen LogP contribution in [0.25, 0.3) is 0 Å². The molecule has 0 aliphatic carbocycles. The first-order valence-corrected chi connectivity index (χ1v) is 7.47. The Hall–Kier alpha value is -1.17. The van der Waals surface area contributed by atoms with Gasteiger partial charge >= 0.3 is 0 Å². The van der Waals surface area contributed by atoms with Crippen molar-refractivity contribution in [2.75, 3.05) is 0 Å². The van der Waals surface area contributed by atoms with E-state index in [0.717, 1.165) is 27.8 Å². The van der Waals surface area contributed by atoms with E-state index < -0.39 is 0 Å². The molecule has 1 aromatic heterocycles. The average Bonchev–Trinajstić information content (AvgIpc) is 2.66. The van der Waals surface area contributed by atoms with E-state index in [2.05, 4.69) is 34.6 Å². The summed E-state index contributed by atoms with van der Waals surface area (Å²) in [5, 5.41) is 4.40. The van der Waals surface area contributed by atoms with Gasteiger partial charge in [-0.3, -0.25) is 4.79 Å². The van der Waals surface area contributed by atoms with Gasteiger partial charge in [-0.25, -0.2) is 4.68 Å². The fraction of sp³-hybridized carbons (Fsp3) is 0.333. The minimum Gasteiger partial charge on any atom is -0.267 e. The van der Waals surface area contributed by atoms with Crippen LogP contribution < -0.4 is 0 Å². The van der Waals surface area contributed by atoms with Crippen molar-refractivity contribution in [3.8, 4) is 0 Å². The van der Waals surface area contributed by atoms with Gasteiger partial charge < -0.3 is 0 Å². The van der Waals surface area contributed by atoms with Crippen LogP contribution in [0.5, 0.6) is 0 Å². The average molecular weight is 368 g/mol. The lowest BCUT2D eigenvalue weighted by Crippen LogP contribution is -2.15. The molecular weight excluding hydrogens is 351 g/mol. The van der Waals surface area contributed by atoms with E-state index in [0.29, 0.717) is 5.56 Å². The Morgan fingerprint density at radius 2 is 2.11 bits per heavy atom. The molecule has 0 bridgehead atoms. The zero-order valence-corrected chi connectivity index (χ0v) is 13.6. The topological polar surface area (TPSA) is 34.9 Å². The van der Waals surface area contributed by atoms with Gasteiger partial charge in [-0.2, -0.15) is 5.10 Å². The van der Waals surface area contributed by atoms with E-state index in [-0.39, 0.29) is 5.91 Å². The van der Waals surface area contributed by atoms with Gasteiger partial charge in [0.25, 0.3) is 5.91 Å². The fourth-order valence-electron chi connectivity index (χ4n) is 2.23. The van der Waals surface area contributed by atoms with Crippen LogP contribution in [-0.2, 0) is 6.42 Å². The van der Waals surface area contributed by atoms with Crippen LogP contribution in [0.3, 0.4) is 0 Å². The van der Waals surface area contributed by atoms with Crippen molar-refractivity contribution in [2.24, 2.45) is 0 Å². The third-order valence-electron chi connectivity index (χ3n) is 3.21. The monoisotopic (exact) mass is 368 g/mol. The minimum absolute atomic E-state index is 0.0542. The van der Waals surface area contributed by atoms with Gasteiger partial charge in [0.05, 0.1) is 5.69 Å². The van der Waals surface area contributed by atoms with Gasteiger partial charge in [0, 0.05) is 14.8 Å². The SMILES string of the molecule is CCCc1c(C)nn(C(=O)c2cccc(I)c2)c1C. The molecule has 2 aromatic rings. The molecule has 19 heavy (non-hydrogen) atoms. The molecule has 1 aromatic carbocycles. The van der Waals surface area contributed by atoms with Crippen molar-refractivity contribution in [3.63, 3.8) is 0 Å². The molecular formula is C15H17IN2O. The molecule has 0 fully saturated rings. The quantitative estimate of drug-likeness (QED) is 0.774. The van der Waals surface area contributed by atoms with E-state index in [1.165, 1.54) is 10.2 Å². The number of benzene rings is 1. The second-order valence-corrected chi connectivity index (χ2v) is 5.87. The molecule has 0 amide bonds. The third-order valence-corrected chi connectivity index (χ3v) is 3.88. The number of aryl methyl sites for hydroxylation is 1. The van der Waals surface area contributed by atoms with Gasteiger partial charge in [0.15, 0.2) is 0 Å². The first-order valence-electron chi connectivity index (χ1n) is 6.40. The largest absolute Gasteiger partial charge is 0.278 e. The van der Waals surface area contributed by atoms with E-state index in [4.69, 9.17) is 0 Å². The smallest absolute Gasteiger partial charge is 0.267 e. The highest BCUT2D eigenvalue weighted by Gasteiger charge is 2.17. The molecule has 0 N–H and O–H groups in total. The maximum absolute atomic E-state index is 12.5. The van der Waals surface area contributed by atoms with E-state index in [1.807, 2.05) is 38.1 Å². The van der Waals surface area contributed by atoms with E-state index >= 15 is 0 Å². The summed E-state index contributed by atoms with van der Waals surface area (Å²) in [4.78, 5) is 12.5. The van der Waals surface area contributed by atoms with Gasteiger partial charge in [0.2, 0.25) is 0 Å². The molecule has 2 rings (SSSR count). The number of aromatic nitrogens is 2. The Labute approximate surface area is 127 Å². The Bertz CT molecular complexity index is 617. The zero-order valence-electron chi connectivity index (χ0n) is 11.4. The molecule has 3 nitrogen and oxygen atoms in total.